The van der Waals surface area contributed by atoms with Crippen LogP contribution in [0.25, 0.3) is 5.70 Å². The first kappa shape index (κ1) is 15.0. The molecular weight excluding hydrogens is 318 g/mol. The quantitative estimate of drug-likeness (QED) is 0.796. The number of hydrogen-bond donors (Lipinski definition) is 1. The summed E-state index contributed by atoms with van der Waals surface area (Å²) in [6, 6.07) is 6.03. The molecule has 3 saturated carbocycles. The molecular formula is C21H24ClNO. The van der Waals surface area contributed by atoms with E-state index in [-0.39, 0.29) is 11.0 Å². The highest BCUT2D eigenvalue weighted by molar-refractivity contribution is 6.30. The van der Waals surface area contributed by atoms with Crippen LogP contribution in [0.3, 0.4) is 0 Å². The maximum absolute atomic E-state index is 13.2. The number of nitrogens with one attached hydrogen (secondary N) is 1. The molecule has 1 N–H and O–H groups in total. The van der Waals surface area contributed by atoms with Crippen LogP contribution in [0.4, 0.5) is 0 Å². The third-order valence-electron chi connectivity index (χ3n) is 7.01. The van der Waals surface area contributed by atoms with Crippen LogP contribution in [0.15, 0.2) is 24.3 Å². The molecule has 0 saturated heterocycles. The van der Waals surface area contributed by atoms with E-state index in [1.54, 1.807) is 0 Å². The zero-order valence-electron chi connectivity index (χ0n) is 14.4. The predicted molar refractivity (Wildman–Crippen MR) is 96.7 cm³/mol. The highest BCUT2D eigenvalue weighted by Gasteiger charge is 2.66. The van der Waals surface area contributed by atoms with Gasteiger partial charge in [-0.15, -0.1) is 0 Å². The van der Waals surface area contributed by atoms with E-state index < -0.39 is 0 Å². The van der Waals surface area contributed by atoms with Crippen molar-refractivity contribution in [1.82, 2.24) is 5.32 Å². The van der Waals surface area contributed by atoms with Crippen molar-refractivity contribution in [3.63, 3.8) is 0 Å². The second kappa shape index (κ2) is 4.66. The monoisotopic (exact) mass is 341 g/mol. The third kappa shape index (κ3) is 1.98. The Morgan fingerprint density at radius 3 is 2.83 bits per heavy atom. The molecule has 2 bridgehead atoms. The van der Waals surface area contributed by atoms with Crippen LogP contribution in [0, 0.1) is 23.2 Å². The van der Waals surface area contributed by atoms with E-state index in [2.05, 4.69) is 25.2 Å². The van der Waals surface area contributed by atoms with Gasteiger partial charge in [0.1, 0.15) is 0 Å². The Hall–Kier alpha value is -1.28. The minimum Gasteiger partial charge on any atom is -0.379 e. The van der Waals surface area contributed by atoms with E-state index in [4.69, 9.17) is 11.6 Å². The molecule has 4 aliphatic rings. The van der Waals surface area contributed by atoms with Gasteiger partial charge in [0.2, 0.25) is 0 Å². The summed E-state index contributed by atoms with van der Waals surface area (Å²) >= 11 is 6.19. The fraction of sp³-hybridized carbons (Fsp3) is 0.571. The summed E-state index contributed by atoms with van der Waals surface area (Å²) in [5.74, 6) is 2.70. The van der Waals surface area contributed by atoms with Gasteiger partial charge in [-0.3, -0.25) is 4.79 Å². The highest BCUT2D eigenvalue weighted by atomic mass is 35.5. The van der Waals surface area contributed by atoms with Crippen LogP contribution in [0.1, 0.15) is 50.7 Å². The van der Waals surface area contributed by atoms with Gasteiger partial charge in [0.15, 0.2) is 5.78 Å². The zero-order chi connectivity index (χ0) is 16.7. The van der Waals surface area contributed by atoms with Crippen molar-refractivity contribution in [1.29, 1.82) is 0 Å². The standard InChI is InChI=1S/C21H24ClNO/c1-20(2)10-13-7-15(22)3-4-16(13)18(23-20)8-19(24)21-9-12-5-14(11-21)17(21)6-12/h3-4,7-8,12,14,17,23H,5-6,9-11H2,1-2H3/b18-8-. The molecule has 0 amide bonds. The molecule has 3 aliphatic carbocycles. The summed E-state index contributed by atoms with van der Waals surface area (Å²) in [4.78, 5) is 13.2. The average Bonchev–Trinajstić information content (AvgIpc) is 2.96. The number of ketones is 1. The lowest BCUT2D eigenvalue weighted by atomic mass is 9.51. The molecule has 4 atom stereocenters. The maximum Gasteiger partial charge on any atom is 0.164 e. The Morgan fingerprint density at radius 1 is 1.29 bits per heavy atom. The van der Waals surface area contributed by atoms with Gasteiger partial charge in [-0.25, -0.2) is 0 Å². The van der Waals surface area contributed by atoms with Crippen molar-refractivity contribution in [3.05, 3.63) is 40.4 Å². The first-order chi connectivity index (χ1) is 11.4. The highest BCUT2D eigenvalue weighted by Crippen LogP contribution is 2.71. The minimum atomic E-state index is -0.0573. The van der Waals surface area contributed by atoms with Crippen LogP contribution in [-0.2, 0) is 11.2 Å². The molecule has 1 aromatic carbocycles. The molecule has 3 fully saturated rings. The topological polar surface area (TPSA) is 29.1 Å². The molecule has 24 heavy (non-hydrogen) atoms. The second-order valence-electron chi connectivity index (χ2n) is 9.18. The summed E-state index contributed by atoms with van der Waals surface area (Å²) in [5.41, 5.74) is 3.29. The Kier molecular flexibility index (Phi) is 2.92. The fourth-order valence-corrected chi connectivity index (χ4v) is 6.41. The Bertz CT molecular complexity index is 780. The van der Waals surface area contributed by atoms with E-state index in [0.29, 0.717) is 11.7 Å². The van der Waals surface area contributed by atoms with Crippen molar-refractivity contribution in [2.45, 2.75) is 51.5 Å². The number of rotatable bonds is 2. The Labute approximate surface area is 148 Å². The average molecular weight is 342 g/mol. The summed E-state index contributed by atoms with van der Waals surface area (Å²) in [6.45, 7) is 4.37. The van der Waals surface area contributed by atoms with Crippen molar-refractivity contribution >= 4 is 23.1 Å². The lowest BCUT2D eigenvalue weighted by Crippen LogP contribution is -2.51. The molecule has 0 spiro atoms. The zero-order valence-corrected chi connectivity index (χ0v) is 15.1. The second-order valence-corrected chi connectivity index (χ2v) is 9.61. The Balaban J connectivity index is 1.52. The molecule has 126 valence electrons. The molecule has 0 radical (unpaired) electrons. The van der Waals surface area contributed by atoms with E-state index in [1.165, 1.54) is 18.4 Å². The third-order valence-corrected chi connectivity index (χ3v) is 7.25. The lowest BCUT2D eigenvalue weighted by Gasteiger charge is -2.52. The SMILES string of the molecule is CC1(C)Cc2cc(Cl)ccc2/C(=C/C(=O)C23CC4CC(C2)C3C4)N1. The van der Waals surface area contributed by atoms with Crippen molar-refractivity contribution in [2.24, 2.45) is 23.2 Å². The lowest BCUT2D eigenvalue weighted by molar-refractivity contribution is -0.140. The summed E-state index contributed by atoms with van der Waals surface area (Å²) in [6.07, 6.45) is 7.78. The maximum atomic E-state index is 13.2. The number of fused-ring (bicyclic) bond motifs is 2. The number of hydrogen-bond acceptors (Lipinski definition) is 2. The van der Waals surface area contributed by atoms with Gasteiger partial charge in [0.05, 0.1) is 0 Å². The van der Waals surface area contributed by atoms with Crippen LogP contribution in [0.2, 0.25) is 5.02 Å². The van der Waals surface area contributed by atoms with E-state index in [9.17, 15) is 4.79 Å². The van der Waals surface area contributed by atoms with Crippen molar-refractivity contribution in [2.75, 3.05) is 0 Å². The first-order valence-electron chi connectivity index (χ1n) is 9.19. The van der Waals surface area contributed by atoms with Crippen LogP contribution in [0.5, 0.6) is 0 Å². The molecule has 0 aromatic heterocycles. The van der Waals surface area contributed by atoms with Gasteiger partial charge in [0.25, 0.3) is 0 Å². The van der Waals surface area contributed by atoms with Gasteiger partial charge < -0.3 is 5.32 Å². The van der Waals surface area contributed by atoms with E-state index >= 15 is 0 Å². The Morgan fingerprint density at radius 2 is 2.12 bits per heavy atom. The van der Waals surface area contributed by atoms with Gasteiger partial charge in [-0.05, 0) is 81.4 Å². The molecule has 5 rings (SSSR count). The van der Waals surface area contributed by atoms with Gasteiger partial charge in [-0.1, -0.05) is 17.7 Å². The summed E-state index contributed by atoms with van der Waals surface area (Å²) in [5, 5.41) is 4.37. The summed E-state index contributed by atoms with van der Waals surface area (Å²) < 4.78 is 0. The normalized spacial score (nSPS) is 39.3. The molecule has 2 nitrogen and oxygen atoms in total. The van der Waals surface area contributed by atoms with Gasteiger partial charge in [-0.2, -0.15) is 0 Å². The van der Waals surface area contributed by atoms with E-state index in [1.807, 2.05) is 18.2 Å². The molecule has 3 heteroatoms. The molecule has 1 aromatic rings. The molecule has 1 aliphatic heterocycles. The van der Waals surface area contributed by atoms with Crippen LogP contribution in [-0.4, -0.2) is 11.3 Å². The number of benzene rings is 1. The first-order valence-corrected chi connectivity index (χ1v) is 9.57. The minimum absolute atomic E-state index is 0.0174. The number of halogens is 1. The van der Waals surface area contributed by atoms with Crippen molar-refractivity contribution < 1.29 is 4.79 Å². The molecule has 4 unspecified atom stereocenters. The number of carbonyl (C=O) groups excluding carboxylic acids is 1. The predicted octanol–water partition coefficient (Wildman–Crippen LogP) is 4.61. The van der Waals surface area contributed by atoms with Gasteiger partial charge >= 0.3 is 0 Å². The largest absolute Gasteiger partial charge is 0.379 e. The number of carbonyl (C=O) groups is 1. The smallest absolute Gasteiger partial charge is 0.164 e. The van der Waals surface area contributed by atoms with Crippen molar-refractivity contribution in [3.8, 4) is 0 Å². The fourth-order valence-electron chi connectivity index (χ4n) is 6.21. The summed E-state index contributed by atoms with van der Waals surface area (Å²) in [7, 11) is 0. The van der Waals surface area contributed by atoms with E-state index in [0.717, 1.165) is 47.4 Å². The van der Waals surface area contributed by atoms with Gasteiger partial charge in [0, 0.05) is 33.3 Å². The van der Waals surface area contributed by atoms with Crippen LogP contribution < -0.4 is 5.32 Å². The van der Waals surface area contributed by atoms with Crippen LogP contribution >= 0.6 is 11.6 Å². The number of allylic oxidation sites excluding steroid dienone is 1. The molecule has 1 heterocycles.